The van der Waals surface area contributed by atoms with E-state index in [0.29, 0.717) is 0 Å². The topological polar surface area (TPSA) is 21.3 Å². The fraction of sp³-hybridized carbons (Fsp3) is 0.429. The quantitative estimate of drug-likeness (QED) is 0.677. The van der Waals surface area contributed by atoms with Crippen LogP contribution in [0.25, 0.3) is 0 Å². The molecule has 0 saturated carbocycles. The largest absolute Gasteiger partial charge is 0.305 e. The van der Waals surface area contributed by atoms with Gasteiger partial charge in [-0.1, -0.05) is 0 Å². The average Bonchev–Trinajstić information content (AvgIpc) is 2.38. The van der Waals surface area contributed by atoms with Gasteiger partial charge in [0.2, 0.25) is 0 Å². The molecule has 3 heteroatoms. The summed E-state index contributed by atoms with van der Waals surface area (Å²) in [5, 5.41) is 4.17. The molecule has 1 unspecified atom stereocenters. The Balaban J connectivity index is 2.50. The third-order valence-corrected chi connectivity index (χ3v) is 2.04. The zero-order valence-corrected chi connectivity index (χ0v) is 6.94. The average molecular weight is 157 g/mol. The molecule has 0 bridgehead atoms. The summed E-state index contributed by atoms with van der Waals surface area (Å²) in [6.07, 6.45) is 0. The maximum absolute atomic E-state index is 4.78. The van der Waals surface area contributed by atoms with Crippen molar-refractivity contribution in [1.82, 2.24) is 5.48 Å². The molecule has 2 nitrogen and oxygen atoms in total. The van der Waals surface area contributed by atoms with Crippen LogP contribution in [0.1, 0.15) is 18.5 Å². The second kappa shape index (κ2) is 3.71. The van der Waals surface area contributed by atoms with E-state index in [1.54, 1.807) is 18.4 Å². The Hall–Kier alpha value is -0.380. The summed E-state index contributed by atoms with van der Waals surface area (Å²) in [7, 11) is 1.63. The van der Waals surface area contributed by atoms with Crippen molar-refractivity contribution in [2.45, 2.75) is 13.0 Å². The van der Waals surface area contributed by atoms with Gasteiger partial charge >= 0.3 is 0 Å². The van der Waals surface area contributed by atoms with Gasteiger partial charge in [0.15, 0.2) is 0 Å². The van der Waals surface area contributed by atoms with Crippen LogP contribution in [-0.2, 0) is 4.84 Å². The predicted octanol–water partition coefficient (Wildman–Crippen LogP) is 1.96. The van der Waals surface area contributed by atoms with Gasteiger partial charge in [0, 0.05) is 0 Å². The standard InChI is InChI=1S/C7H11NOS/c1-6(8-9-2)7-3-4-10-5-7/h3-6,8H,1-2H3. The Morgan fingerprint density at radius 1 is 1.70 bits per heavy atom. The number of hydrogen-bond acceptors (Lipinski definition) is 3. The van der Waals surface area contributed by atoms with Crippen molar-refractivity contribution in [3.8, 4) is 0 Å². The van der Waals surface area contributed by atoms with Crippen molar-refractivity contribution >= 4 is 11.3 Å². The fourth-order valence-electron chi connectivity index (χ4n) is 0.766. The van der Waals surface area contributed by atoms with Crippen LogP contribution in [0.2, 0.25) is 0 Å². The molecule has 56 valence electrons. The third-order valence-electron chi connectivity index (χ3n) is 1.34. The lowest BCUT2D eigenvalue weighted by atomic mass is 10.2. The number of thiophene rings is 1. The highest BCUT2D eigenvalue weighted by molar-refractivity contribution is 7.07. The van der Waals surface area contributed by atoms with Crippen molar-refractivity contribution < 1.29 is 4.84 Å². The summed E-state index contributed by atoms with van der Waals surface area (Å²) in [5.74, 6) is 0. The van der Waals surface area contributed by atoms with Crippen molar-refractivity contribution in [3.63, 3.8) is 0 Å². The highest BCUT2D eigenvalue weighted by Gasteiger charge is 2.02. The highest BCUT2D eigenvalue weighted by atomic mass is 32.1. The molecule has 1 atom stereocenters. The Morgan fingerprint density at radius 3 is 3.00 bits per heavy atom. The van der Waals surface area contributed by atoms with E-state index in [-0.39, 0.29) is 6.04 Å². The first-order valence-electron chi connectivity index (χ1n) is 3.15. The molecule has 0 fully saturated rings. The molecule has 0 aliphatic heterocycles. The molecule has 0 aliphatic carbocycles. The monoisotopic (exact) mass is 157 g/mol. The lowest BCUT2D eigenvalue weighted by Gasteiger charge is -2.08. The molecule has 0 spiro atoms. The van der Waals surface area contributed by atoms with Crippen LogP contribution in [0, 0.1) is 0 Å². The first-order chi connectivity index (χ1) is 4.84. The van der Waals surface area contributed by atoms with Gasteiger partial charge in [0.05, 0.1) is 13.2 Å². The molecule has 0 aliphatic rings. The molecule has 0 saturated heterocycles. The number of hydroxylamine groups is 1. The minimum Gasteiger partial charge on any atom is -0.305 e. The van der Waals surface area contributed by atoms with E-state index in [2.05, 4.69) is 29.2 Å². The van der Waals surface area contributed by atoms with Crippen molar-refractivity contribution in [3.05, 3.63) is 22.4 Å². The molecule has 10 heavy (non-hydrogen) atoms. The van der Waals surface area contributed by atoms with Crippen molar-refractivity contribution in [1.29, 1.82) is 0 Å². The van der Waals surface area contributed by atoms with Gasteiger partial charge in [-0.25, -0.2) is 0 Å². The summed E-state index contributed by atoms with van der Waals surface area (Å²) in [4.78, 5) is 4.78. The van der Waals surface area contributed by atoms with Crippen LogP contribution in [0.3, 0.4) is 0 Å². The number of nitrogens with one attached hydrogen (secondary N) is 1. The van der Waals surface area contributed by atoms with Crippen LogP contribution in [0.15, 0.2) is 16.8 Å². The van der Waals surface area contributed by atoms with Crippen LogP contribution in [0.5, 0.6) is 0 Å². The molecule has 1 heterocycles. The van der Waals surface area contributed by atoms with Crippen LogP contribution in [0.4, 0.5) is 0 Å². The van der Waals surface area contributed by atoms with Gasteiger partial charge < -0.3 is 4.84 Å². The lowest BCUT2D eigenvalue weighted by Crippen LogP contribution is -2.15. The lowest BCUT2D eigenvalue weighted by molar-refractivity contribution is 0.0660. The molecule has 0 radical (unpaired) electrons. The molecule has 0 amide bonds. The minimum absolute atomic E-state index is 0.288. The zero-order chi connectivity index (χ0) is 7.40. The normalized spacial score (nSPS) is 13.4. The number of rotatable bonds is 3. The Morgan fingerprint density at radius 2 is 2.50 bits per heavy atom. The SMILES string of the molecule is CONC(C)c1ccsc1. The first kappa shape index (κ1) is 7.72. The van der Waals surface area contributed by atoms with Crippen LogP contribution in [-0.4, -0.2) is 7.11 Å². The Kier molecular flexibility index (Phi) is 2.86. The first-order valence-corrected chi connectivity index (χ1v) is 4.09. The van der Waals surface area contributed by atoms with Gasteiger partial charge in [0.25, 0.3) is 0 Å². The molecule has 1 rings (SSSR count). The second-order valence-corrected chi connectivity index (χ2v) is 2.88. The smallest absolute Gasteiger partial charge is 0.0572 e. The third kappa shape index (κ3) is 1.80. The zero-order valence-electron chi connectivity index (χ0n) is 6.13. The maximum Gasteiger partial charge on any atom is 0.0572 e. The minimum atomic E-state index is 0.288. The summed E-state index contributed by atoms with van der Waals surface area (Å²) >= 11 is 1.70. The van der Waals surface area contributed by atoms with E-state index in [1.165, 1.54) is 5.56 Å². The Labute approximate surface area is 64.8 Å². The second-order valence-electron chi connectivity index (χ2n) is 2.10. The molecule has 0 aromatic carbocycles. The van der Waals surface area contributed by atoms with E-state index in [1.807, 2.05) is 0 Å². The van der Waals surface area contributed by atoms with Crippen molar-refractivity contribution in [2.75, 3.05) is 7.11 Å². The van der Waals surface area contributed by atoms with Crippen LogP contribution >= 0.6 is 11.3 Å². The van der Waals surface area contributed by atoms with E-state index in [9.17, 15) is 0 Å². The summed E-state index contributed by atoms with van der Waals surface area (Å²) < 4.78 is 0. The molecular formula is C7H11NOS. The van der Waals surface area contributed by atoms with E-state index < -0.39 is 0 Å². The maximum atomic E-state index is 4.78. The number of hydrogen-bond donors (Lipinski definition) is 1. The molecule has 1 aromatic rings. The van der Waals surface area contributed by atoms with Gasteiger partial charge in [-0.05, 0) is 29.3 Å². The van der Waals surface area contributed by atoms with Gasteiger partial charge in [-0.15, -0.1) is 0 Å². The van der Waals surface area contributed by atoms with E-state index in [0.717, 1.165) is 0 Å². The van der Waals surface area contributed by atoms with E-state index in [4.69, 9.17) is 4.84 Å². The summed E-state index contributed by atoms with van der Waals surface area (Å²) in [6.45, 7) is 2.06. The van der Waals surface area contributed by atoms with E-state index >= 15 is 0 Å². The fourth-order valence-corrected chi connectivity index (χ4v) is 1.52. The van der Waals surface area contributed by atoms with Gasteiger partial charge in [-0.2, -0.15) is 16.8 Å². The van der Waals surface area contributed by atoms with Crippen molar-refractivity contribution in [2.24, 2.45) is 0 Å². The molecule has 1 N–H and O–H groups in total. The summed E-state index contributed by atoms with van der Waals surface area (Å²) in [5.41, 5.74) is 4.12. The van der Waals surface area contributed by atoms with Crippen LogP contribution < -0.4 is 5.48 Å². The molecular weight excluding hydrogens is 146 g/mol. The predicted molar refractivity (Wildman–Crippen MR) is 42.9 cm³/mol. The molecule has 1 aromatic heterocycles. The summed E-state index contributed by atoms with van der Waals surface area (Å²) in [6, 6.07) is 2.37. The van der Waals surface area contributed by atoms with Gasteiger partial charge in [-0.3, -0.25) is 0 Å². The highest BCUT2D eigenvalue weighted by Crippen LogP contribution is 2.14. The Bertz CT molecular complexity index is 174. The van der Waals surface area contributed by atoms with Gasteiger partial charge in [0.1, 0.15) is 0 Å².